The van der Waals surface area contributed by atoms with Crippen LogP contribution < -0.4 is 5.32 Å². The van der Waals surface area contributed by atoms with Crippen molar-refractivity contribution >= 4 is 5.97 Å². The second kappa shape index (κ2) is 4.75. The van der Waals surface area contributed by atoms with Crippen LogP contribution in [0.15, 0.2) is 0 Å². The molecular formula is C10H19NO3. The Bertz CT molecular complexity index is 200. The Morgan fingerprint density at radius 2 is 2.00 bits per heavy atom. The Morgan fingerprint density at radius 1 is 1.43 bits per heavy atom. The summed E-state index contributed by atoms with van der Waals surface area (Å²) in [4.78, 5) is 11.2. The molecule has 4 heteroatoms. The van der Waals surface area contributed by atoms with Crippen molar-refractivity contribution in [3.63, 3.8) is 0 Å². The molecule has 0 saturated heterocycles. The largest absolute Gasteiger partial charge is 0.480 e. The molecule has 4 nitrogen and oxygen atoms in total. The fourth-order valence-electron chi connectivity index (χ4n) is 2.09. The first kappa shape index (κ1) is 11.5. The number of rotatable bonds is 4. The van der Waals surface area contributed by atoms with E-state index in [2.05, 4.69) is 5.32 Å². The molecule has 0 amide bonds. The van der Waals surface area contributed by atoms with Gasteiger partial charge in [-0.05, 0) is 19.8 Å². The third kappa shape index (κ3) is 2.45. The highest BCUT2D eigenvalue weighted by Gasteiger charge is 2.39. The molecule has 1 saturated carbocycles. The van der Waals surface area contributed by atoms with E-state index in [1.165, 1.54) is 0 Å². The summed E-state index contributed by atoms with van der Waals surface area (Å²) >= 11 is 0. The average Bonchev–Trinajstić information content (AvgIpc) is 2.19. The van der Waals surface area contributed by atoms with Gasteiger partial charge in [-0.3, -0.25) is 10.1 Å². The van der Waals surface area contributed by atoms with Crippen molar-refractivity contribution in [1.29, 1.82) is 0 Å². The van der Waals surface area contributed by atoms with Gasteiger partial charge in [0.25, 0.3) is 0 Å². The van der Waals surface area contributed by atoms with Crippen LogP contribution in [-0.4, -0.2) is 34.4 Å². The van der Waals surface area contributed by atoms with Gasteiger partial charge in [-0.25, -0.2) is 0 Å². The molecule has 1 atom stereocenters. The summed E-state index contributed by atoms with van der Waals surface area (Å²) in [5, 5.41) is 21.1. The molecule has 0 bridgehead atoms. The van der Waals surface area contributed by atoms with Gasteiger partial charge in [0.15, 0.2) is 0 Å². The van der Waals surface area contributed by atoms with Crippen molar-refractivity contribution in [3.8, 4) is 0 Å². The number of carbonyl (C=O) groups is 1. The lowest BCUT2D eigenvalue weighted by Crippen LogP contribution is -2.57. The molecule has 0 aliphatic heterocycles. The normalized spacial score (nSPS) is 23.0. The van der Waals surface area contributed by atoms with Crippen molar-refractivity contribution in [2.24, 2.45) is 0 Å². The third-order valence-electron chi connectivity index (χ3n) is 2.91. The molecule has 82 valence electrons. The molecule has 14 heavy (non-hydrogen) atoms. The maximum absolute atomic E-state index is 11.2. The van der Waals surface area contributed by atoms with Gasteiger partial charge in [0.1, 0.15) is 5.54 Å². The summed E-state index contributed by atoms with van der Waals surface area (Å²) in [5.74, 6) is -0.780. The molecule has 0 aromatic carbocycles. The Kier molecular flexibility index (Phi) is 3.89. The van der Waals surface area contributed by atoms with Crippen molar-refractivity contribution in [3.05, 3.63) is 0 Å². The van der Waals surface area contributed by atoms with Crippen LogP contribution in [0.1, 0.15) is 39.0 Å². The van der Waals surface area contributed by atoms with Gasteiger partial charge in [0.2, 0.25) is 0 Å². The van der Waals surface area contributed by atoms with Crippen LogP contribution in [-0.2, 0) is 4.79 Å². The highest BCUT2D eigenvalue weighted by molar-refractivity contribution is 5.79. The predicted octanol–water partition coefficient (Wildman–Crippen LogP) is 0.744. The van der Waals surface area contributed by atoms with E-state index >= 15 is 0 Å². The molecule has 1 rings (SSSR count). The van der Waals surface area contributed by atoms with E-state index in [1.807, 2.05) is 0 Å². The van der Waals surface area contributed by atoms with Gasteiger partial charge < -0.3 is 10.2 Å². The molecule has 1 unspecified atom stereocenters. The Labute approximate surface area is 84.3 Å². The lowest BCUT2D eigenvalue weighted by molar-refractivity contribution is -0.147. The van der Waals surface area contributed by atoms with Crippen LogP contribution in [0, 0.1) is 0 Å². The van der Waals surface area contributed by atoms with E-state index in [4.69, 9.17) is 5.11 Å². The number of aliphatic carboxylic acids is 1. The van der Waals surface area contributed by atoms with Crippen molar-refractivity contribution in [2.45, 2.75) is 50.6 Å². The molecule has 0 spiro atoms. The van der Waals surface area contributed by atoms with Gasteiger partial charge in [-0.15, -0.1) is 0 Å². The third-order valence-corrected chi connectivity index (χ3v) is 2.91. The summed E-state index contributed by atoms with van der Waals surface area (Å²) < 4.78 is 0. The minimum Gasteiger partial charge on any atom is -0.480 e. The second-order valence-corrected chi connectivity index (χ2v) is 4.18. The van der Waals surface area contributed by atoms with E-state index in [9.17, 15) is 9.90 Å². The summed E-state index contributed by atoms with van der Waals surface area (Å²) in [7, 11) is 0. The van der Waals surface area contributed by atoms with Gasteiger partial charge in [0.05, 0.1) is 6.61 Å². The van der Waals surface area contributed by atoms with Gasteiger partial charge >= 0.3 is 5.97 Å². The quantitative estimate of drug-likeness (QED) is 0.627. The fourth-order valence-corrected chi connectivity index (χ4v) is 2.09. The van der Waals surface area contributed by atoms with Gasteiger partial charge in [0, 0.05) is 6.04 Å². The highest BCUT2D eigenvalue weighted by Crippen LogP contribution is 2.28. The molecule has 1 aliphatic rings. The Balaban J connectivity index is 2.65. The molecule has 3 N–H and O–H groups in total. The molecule has 0 aromatic heterocycles. The second-order valence-electron chi connectivity index (χ2n) is 4.18. The molecule has 0 aromatic rings. The minimum absolute atomic E-state index is 0.0188. The first-order chi connectivity index (χ1) is 6.60. The van der Waals surface area contributed by atoms with Crippen LogP contribution in [0.25, 0.3) is 0 Å². The lowest BCUT2D eigenvalue weighted by Gasteiger charge is -2.36. The minimum atomic E-state index is -0.791. The van der Waals surface area contributed by atoms with Crippen molar-refractivity contribution in [1.82, 2.24) is 5.32 Å². The fraction of sp³-hybridized carbons (Fsp3) is 0.900. The summed E-state index contributed by atoms with van der Waals surface area (Å²) in [5.41, 5.74) is -0.791. The van der Waals surface area contributed by atoms with Crippen LogP contribution in [0.2, 0.25) is 0 Å². The van der Waals surface area contributed by atoms with Gasteiger partial charge in [-0.1, -0.05) is 19.3 Å². The van der Waals surface area contributed by atoms with E-state index in [0.29, 0.717) is 12.8 Å². The number of carboxylic acid groups (broad SMARTS) is 1. The van der Waals surface area contributed by atoms with Crippen LogP contribution in [0.5, 0.6) is 0 Å². The number of hydrogen-bond donors (Lipinski definition) is 3. The van der Waals surface area contributed by atoms with E-state index in [1.54, 1.807) is 6.92 Å². The Hall–Kier alpha value is -0.610. The van der Waals surface area contributed by atoms with Crippen LogP contribution >= 0.6 is 0 Å². The monoisotopic (exact) mass is 201 g/mol. The van der Waals surface area contributed by atoms with Crippen LogP contribution in [0.3, 0.4) is 0 Å². The van der Waals surface area contributed by atoms with Gasteiger partial charge in [-0.2, -0.15) is 0 Å². The zero-order valence-electron chi connectivity index (χ0n) is 8.62. The molecule has 0 radical (unpaired) electrons. The standard InChI is InChI=1S/C10H19NO3/c1-8(7-12)11-10(9(13)14)5-3-2-4-6-10/h8,11-12H,2-7H2,1H3,(H,13,14). The number of aliphatic hydroxyl groups excluding tert-OH is 1. The number of carboxylic acids is 1. The summed E-state index contributed by atoms with van der Waals surface area (Å²) in [6, 6.07) is -0.149. The number of aliphatic hydroxyl groups is 1. The lowest BCUT2D eigenvalue weighted by atomic mass is 9.81. The summed E-state index contributed by atoms with van der Waals surface area (Å²) in [6.07, 6.45) is 4.37. The van der Waals surface area contributed by atoms with Crippen LogP contribution in [0.4, 0.5) is 0 Å². The Morgan fingerprint density at radius 3 is 2.43 bits per heavy atom. The van der Waals surface area contributed by atoms with E-state index in [-0.39, 0.29) is 12.6 Å². The highest BCUT2D eigenvalue weighted by atomic mass is 16.4. The maximum atomic E-state index is 11.2. The van der Waals surface area contributed by atoms with E-state index < -0.39 is 11.5 Å². The first-order valence-electron chi connectivity index (χ1n) is 5.23. The topological polar surface area (TPSA) is 69.6 Å². The summed E-state index contributed by atoms with van der Waals surface area (Å²) in [6.45, 7) is 1.79. The van der Waals surface area contributed by atoms with Crippen molar-refractivity contribution in [2.75, 3.05) is 6.61 Å². The smallest absolute Gasteiger partial charge is 0.323 e. The SMILES string of the molecule is CC(CO)NC1(C(=O)O)CCCCC1. The zero-order chi connectivity index (χ0) is 10.6. The first-order valence-corrected chi connectivity index (χ1v) is 5.23. The van der Waals surface area contributed by atoms with E-state index in [0.717, 1.165) is 19.3 Å². The molecule has 1 aliphatic carbocycles. The number of hydrogen-bond acceptors (Lipinski definition) is 3. The predicted molar refractivity (Wildman–Crippen MR) is 53.1 cm³/mol. The molecular weight excluding hydrogens is 182 g/mol. The molecule has 1 fully saturated rings. The molecule has 0 heterocycles. The average molecular weight is 201 g/mol. The number of nitrogens with one attached hydrogen (secondary N) is 1. The zero-order valence-corrected chi connectivity index (χ0v) is 8.62. The maximum Gasteiger partial charge on any atom is 0.323 e. The van der Waals surface area contributed by atoms with Crippen molar-refractivity contribution < 1.29 is 15.0 Å².